The molecule has 2 aromatic rings. The molecule has 1 aliphatic rings. The number of hydrogen-bond acceptors (Lipinski definition) is 2. The van der Waals surface area contributed by atoms with E-state index in [4.69, 9.17) is 0 Å². The van der Waals surface area contributed by atoms with Gasteiger partial charge in [0.05, 0.1) is 23.6 Å². The fourth-order valence-corrected chi connectivity index (χ4v) is 3.39. The van der Waals surface area contributed by atoms with Crippen molar-refractivity contribution in [1.29, 1.82) is 0 Å². The van der Waals surface area contributed by atoms with Crippen LogP contribution in [0.5, 0.6) is 0 Å². The molecule has 1 N–H and O–H groups in total. The molecule has 1 aromatic heterocycles. The van der Waals surface area contributed by atoms with E-state index in [-0.39, 0.29) is 5.41 Å². The highest BCUT2D eigenvalue weighted by atomic mass is 19.4. The molecule has 1 amide bonds. The molecule has 0 saturated heterocycles. The fourth-order valence-electron chi connectivity index (χ4n) is 3.39. The Bertz CT molecular complexity index is 766. The van der Waals surface area contributed by atoms with Gasteiger partial charge < -0.3 is 5.32 Å². The summed E-state index contributed by atoms with van der Waals surface area (Å²) in [5.74, 6) is -1.01. The highest BCUT2D eigenvalue weighted by molar-refractivity contribution is 5.77. The zero-order valence-corrected chi connectivity index (χ0v) is 14.1. The van der Waals surface area contributed by atoms with Crippen LogP contribution in [0.3, 0.4) is 0 Å². The van der Waals surface area contributed by atoms with E-state index in [1.54, 1.807) is 10.9 Å². The van der Waals surface area contributed by atoms with E-state index in [0.29, 0.717) is 6.42 Å². The molecular formula is C18H20F3N3O. The zero-order valence-electron chi connectivity index (χ0n) is 14.1. The second-order valence-electron chi connectivity index (χ2n) is 7.25. The van der Waals surface area contributed by atoms with Crippen LogP contribution in [0.25, 0.3) is 5.69 Å². The summed E-state index contributed by atoms with van der Waals surface area (Å²) in [5, 5.41) is 6.95. The van der Waals surface area contributed by atoms with Crippen molar-refractivity contribution in [3.63, 3.8) is 0 Å². The van der Waals surface area contributed by atoms with Crippen LogP contribution in [0.4, 0.5) is 13.2 Å². The van der Waals surface area contributed by atoms with Crippen molar-refractivity contribution in [2.45, 2.75) is 45.3 Å². The molecule has 1 atom stereocenters. The maximum absolute atomic E-state index is 12.5. The Morgan fingerprint density at radius 2 is 2.00 bits per heavy atom. The normalized spacial score (nSPS) is 19.3. The Hall–Kier alpha value is -2.31. The molecule has 0 saturated carbocycles. The molecule has 0 fully saturated rings. The number of aromatic nitrogens is 2. The number of para-hydroxylation sites is 1. The molecule has 134 valence electrons. The summed E-state index contributed by atoms with van der Waals surface area (Å²) in [6.07, 6.45) is -3.01. The highest BCUT2D eigenvalue weighted by Gasteiger charge is 2.38. The van der Waals surface area contributed by atoms with Gasteiger partial charge in [-0.15, -0.1) is 0 Å². The van der Waals surface area contributed by atoms with Gasteiger partial charge in [0, 0.05) is 5.56 Å². The number of halogens is 3. The van der Waals surface area contributed by atoms with Crippen LogP contribution >= 0.6 is 0 Å². The third kappa shape index (κ3) is 4.03. The number of hydrogen-bond donors (Lipinski definition) is 1. The Morgan fingerprint density at radius 3 is 2.64 bits per heavy atom. The summed E-state index contributed by atoms with van der Waals surface area (Å²) in [4.78, 5) is 11.8. The molecule has 0 bridgehead atoms. The van der Waals surface area contributed by atoms with Crippen molar-refractivity contribution in [3.05, 3.63) is 47.8 Å². The largest absolute Gasteiger partial charge is 0.397 e. The monoisotopic (exact) mass is 351 g/mol. The van der Waals surface area contributed by atoms with Gasteiger partial charge in [0.2, 0.25) is 5.91 Å². The first-order valence-corrected chi connectivity index (χ1v) is 8.13. The Morgan fingerprint density at radius 1 is 1.32 bits per heavy atom. The zero-order chi connectivity index (χ0) is 18.2. The second kappa shape index (κ2) is 6.20. The van der Waals surface area contributed by atoms with E-state index in [1.165, 1.54) is 0 Å². The van der Waals surface area contributed by atoms with Crippen LogP contribution in [0, 0.1) is 5.41 Å². The summed E-state index contributed by atoms with van der Waals surface area (Å²) in [6.45, 7) is 4.09. The van der Waals surface area contributed by atoms with Gasteiger partial charge in [-0.05, 0) is 30.4 Å². The molecule has 1 aliphatic carbocycles. The minimum Gasteiger partial charge on any atom is -0.349 e. The smallest absolute Gasteiger partial charge is 0.349 e. The average Bonchev–Trinajstić information content (AvgIpc) is 2.88. The molecule has 1 aromatic carbocycles. The predicted molar refractivity (Wildman–Crippen MR) is 87.2 cm³/mol. The number of carbonyl (C=O) groups excluding carboxylic acids is 1. The Balaban J connectivity index is 1.91. The molecule has 3 rings (SSSR count). The lowest BCUT2D eigenvalue weighted by Crippen LogP contribution is -2.38. The Labute approximate surface area is 144 Å². The standard InChI is InChI=1S/C18H20F3N3O/c1-17(2)8-14(23-16(25)10-18(19,20)21)13-11-22-24(15(13)9-17)12-6-4-3-5-7-12/h3-7,11,14H,8-10H2,1-2H3,(H,23,25). The highest BCUT2D eigenvalue weighted by Crippen LogP contribution is 2.41. The lowest BCUT2D eigenvalue weighted by Gasteiger charge is -2.36. The molecule has 1 heterocycles. The van der Waals surface area contributed by atoms with Crippen LogP contribution in [-0.4, -0.2) is 21.9 Å². The topological polar surface area (TPSA) is 46.9 Å². The van der Waals surface area contributed by atoms with Crippen molar-refractivity contribution in [3.8, 4) is 5.69 Å². The van der Waals surface area contributed by atoms with Gasteiger partial charge in [-0.3, -0.25) is 4.79 Å². The summed E-state index contributed by atoms with van der Waals surface area (Å²) >= 11 is 0. The molecule has 1 unspecified atom stereocenters. The molecule has 7 heteroatoms. The van der Waals surface area contributed by atoms with E-state index < -0.39 is 24.5 Å². The second-order valence-corrected chi connectivity index (χ2v) is 7.25. The lowest BCUT2D eigenvalue weighted by atomic mass is 9.74. The SMILES string of the molecule is CC1(C)Cc2c(cnn2-c2ccccc2)C(NC(=O)CC(F)(F)F)C1. The van der Waals surface area contributed by atoms with E-state index in [1.807, 2.05) is 44.2 Å². The minimum atomic E-state index is -4.51. The van der Waals surface area contributed by atoms with Crippen LogP contribution in [0.1, 0.15) is 44.0 Å². The van der Waals surface area contributed by atoms with Gasteiger partial charge in [0.1, 0.15) is 6.42 Å². The molecular weight excluding hydrogens is 331 g/mol. The van der Waals surface area contributed by atoms with Crippen LogP contribution < -0.4 is 5.32 Å². The molecule has 25 heavy (non-hydrogen) atoms. The van der Waals surface area contributed by atoms with Crippen molar-refractivity contribution < 1.29 is 18.0 Å². The van der Waals surface area contributed by atoms with E-state index in [2.05, 4.69) is 10.4 Å². The summed E-state index contributed by atoms with van der Waals surface area (Å²) in [7, 11) is 0. The van der Waals surface area contributed by atoms with Crippen molar-refractivity contribution in [2.24, 2.45) is 5.41 Å². The maximum Gasteiger partial charge on any atom is 0.397 e. The van der Waals surface area contributed by atoms with Crippen LogP contribution in [0.2, 0.25) is 0 Å². The van der Waals surface area contributed by atoms with Gasteiger partial charge in [0.25, 0.3) is 0 Å². The van der Waals surface area contributed by atoms with E-state index >= 15 is 0 Å². The van der Waals surface area contributed by atoms with Gasteiger partial charge in [0.15, 0.2) is 0 Å². The number of amides is 1. The lowest BCUT2D eigenvalue weighted by molar-refractivity contribution is -0.154. The number of rotatable bonds is 3. The van der Waals surface area contributed by atoms with Crippen LogP contribution in [-0.2, 0) is 11.2 Å². The number of nitrogens with one attached hydrogen (secondary N) is 1. The number of nitrogens with zero attached hydrogens (tertiary/aromatic N) is 2. The predicted octanol–water partition coefficient (Wildman–Crippen LogP) is 3.95. The first-order chi connectivity index (χ1) is 11.6. The van der Waals surface area contributed by atoms with E-state index in [0.717, 1.165) is 23.4 Å². The number of fused-ring (bicyclic) bond motifs is 1. The third-order valence-electron chi connectivity index (χ3n) is 4.38. The van der Waals surface area contributed by atoms with Crippen molar-refractivity contribution >= 4 is 5.91 Å². The first-order valence-electron chi connectivity index (χ1n) is 8.13. The summed E-state index contributed by atoms with van der Waals surface area (Å²) in [6, 6.07) is 9.09. The number of carbonyl (C=O) groups is 1. The molecule has 0 spiro atoms. The minimum absolute atomic E-state index is 0.157. The number of alkyl halides is 3. The molecule has 0 radical (unpaired) electrons. The third-order valence-corrected chi connectivity index (χ3v) is 4.38. The maximum atomic E-state index is 12.5. The van der Waals surface area contributed by atoms with E-state index in [9.17, 15) is 18.0 Å². The van der Waals surface area contributed by atoms with Crippen molar-refractivity contribution in [2.75, 3.05) is 0 Å². The van der Waals surface area contributed by atoms with Gasteiger partial charge >= 0.3 is 6.18 Å². The fraction of sp³-hybridized carbons (Fsp3) is 0.444. The van der Waals surface area contributed by atoms with Gasteiger partial charge in [-0.2, -0.15) is 18.3 Å². The molecule has 0 aliphatic heterocycles. The Kier molecular flexibility index (Phi) is 4.34. The molecule has 4 nitrogen and oxygen atoms in total. The van der Waals surface area contributed by atoms with Crippen LogP contribution in [0.15, 0.2) is 36.5 Å². The van der Waals surface area contributed by atoms with Crippen molar-refractivity contribution in [1.82, 2.24) is 15.1 Å². The van der Waals surface area contributed by atoms with Gasteiger partial charge in [-0.1, -0.05) is 32.0 Å². The summed E-state index contributed by atoms with van der Waals surface area (Å²) in [5.41, 5.74) is 2.45. The van der Waals surface area contributed by atoms with Gasteiger partial charge in [-0.25, -0.2) is 4.68 Å². The first kappa shape index (κ1) is 17.5. The average molecular weight is 351 g/mol. The summed E-state index contributed by atoms with van der Waals surface area (Å²) < 4.78 is 39.2. The number of benzene rings is 1. The quantitative estimate of drug-likeness (QED) is 0.910.